The number of anilines is 1. The molecule has 1 aromatic heterocycles. The Morgan fingerprint density at radius 2 is 2.18 bits per heavy atom. The maximum Gasteiger partial charge on any atom is 0.142 e. The van der Waals surface area contributed by atoms with E-state index in [0.717, 1.165) is 5.69 Å². The van der Waals surface area contributed by atoms with Crippen LogP contribution in [0.2, 0.25) is 0 Å². The second kappa shape index (κ2) is 4.78. The number of nitrogens with two attached hydrogens (primary N) is 1. The van der Waals surface area contributed by atoms with E-state index >= 15 is 0 Å². The van der Waals surface area contributed by atoms with Gasteiger partial charge < -0.3 is 15.2 Å². The number of methoxy groups -OCH3 is 1. The molecule has 0 radical (unpaired) electrons. The van der Waals surface area contributed by atoms with Crippen molar-refractivity contribution in [1.82, 2.24) is 9.78 Å². The molecule has 90 valence electrons. The molecule has 2 N–H and O–H groups in total. The quantitative estimate of drug-likeness (QED) is 0.814. The Morgan fingerprint density at radius 3 is 2.76 bits per heavy atom. The van der Waals surface area contributed by atoms with Gasteiger partial charge in [-0.25, -0.2) is 0 Å². The smallest absolute Gasteiger partial charge is 0.142 e. The third kappa shape index (κ3) is 2.69. The van der Waals surface area contributed by atoms with Crippen LogP contribution in [0, 0.1) is 0 Å². The van der Waals surface area contributed by atoms with Crippen molar-refractivity contribution in [2.24, 2.45) is 7.05 Å². The molecular formula is C12H15N3O2. The minimum Gasteiger partial charge on any atom is -0.495 e. The highest BCUT2D eigenvalue weighted by Crippen LogP contribution is 2.26. The van der Waals surface area contributed by atoms with E-state index in [4.69, 9.17) is 15.2 Å². The summed E-state index contributed by atoms with van der Waals surface area (Å²) in [5.74, 6) is 1.35. The molecule has 5 nitrogen and oxygen atoms in total. The zero-order valence-corrected chi connectivity index (χ0v) is 9.88. The van der Waals surface area contributed by atoms with Gasteiger partial charge in [0, 0.05) is 19.3 Å². The van der Waals surface area contributed by atoms with Gasteiger partial charge in [0.05, 0.1) is 18.5 Å². The average Bonchev–Trinajstić information content (AvgIpc) is 2.73. The summed E-state index contributed by atoms with van der Waals surface area (Å²) in [6, 6.07) is 7.25. The van der Waals surface area contributed by atoms with Crippen molar-refractivity contribution in [3.8, 4) is 11.5 Å². The number of nitrogens with zero attached hydrogens (tertiary/aromatic N) is 2. The van der Waals surface area contributed by atoms with Crippen molar-refractivity contribution in [1.29, 1.82) is 0 Å². The monoisotopic (exact) mass is 233 g/mol. The highest BCUT2D eigenvalue weighted by Gasteiger charge is 2.03. The summed E-state index contributed by atoms with van der Waals surface area (Å²) in [7, 11) is 3.45. The first-order valence-electron chi connectivity index (χ1n) is 5.24. The first-order chi connectivity index (χ1) is 8.19. The Bertz CT molecular complexity index is 508. The number of aryl methyl sites for hydroxylation is 1. The lowest BCUT2D eigenvalue weighted by atomic mass is 10.3. The number of benzene rings is 1. The molecule has 2 aromatic rings. The molecule has 0 saturated heterocycles. The summed E-state index contributed by atoms with van der Waals surface area (Å²) in [6.45, 7) is 0.423. The van der Waals surface area contributed by atoms with Crippen LogP contribution >= 0.6 is 0 Å². The predicted octanol–water partition coefficient (Wildman–Crippen LogP) is 1.59. The molecule has 0 atom stereocenters. The van der Waals surface area contributed by atoms with Crippen LogP contribution < -0.4 is 15.2 Å². The third-order valence-electron chi connectivity index (χ3n) is 2.36. The van der Waals surface area contributed by atoms with Crippen LogP contribution in [0.1, 0.15) is 5.69 Å². The van der Waals surface area contributed by atoms with Crippen LogP contribution in [0.25, 0.3) is 0 Å². The molecule has 2 rings (SSSR count). The standard InChI is InChI=1S/C12H15N3O2/c1-15-6-5-9(14-15)8-17-10-3-4-12(16-2)11(13)7-10/h3-7H,8,13H2,1-2H3. The van der Waals surface area contributed by atoms with Crippen LogP contribution in [-0.2, 0) is 13.7 Å². The average molecular weight is 233 g/mol. The summed E-state index contributed by atoms with van der Waals surface area (Å²) in [6.07, 6.45) is 1.88. The van der Waals surface area contributed by atoms with Gasteiger partial charge in [-0.05, 0) is 18.2 Å². The Kier molecular flexibility index (Phi) is 3.18. The molecule has 0 saturated carbocycles. The van der Waals surface area contributed by atoms with Crippen molar-refractivity contribution < 1.29 is 9.47 Å². The summed E-state index contributed by atoms with van der Waals surface area (Å²) in [4.78, 5) is 0. The van der Waals surface area contributed by atoms with Crippen LogP contribution in [-0.4, -0.2) is 16.9 Å². The molecule has 17 heavy (non-hydrogen) atoms. The van der Waals surface area contributed by atoms with E-state index in [1.165, 1.54) is 0 Å². The molecule has 5 heteroatoms. The lowest BCUT2D eigenvalue weighted by Gasteiger charge is -2.08. The number of hydrogen-bond acceptors (Lipinski definition) is 4. The van der Waals surface area contributed by atoms with E-state index in [0.29, 0.717) is 23.8 Å². The highest BCUT2D eigenvalue weighted by atomic mass is 16.5. The van der Waals surface area contributed by atoms with E-state index in [9.17, 15) is 0 Å². The SMILES string of the molecule is COc1ccc(OCc2ccn(C)n2)cc1N. The molecule has 1 aromatic carbocycles. The zero-order valence-electron chi connectivity index (χ0n) is 9.88. The number of rotatable bonds is 4. The zero-order chi connectivity index (χ0) is 12.3. The first kappa shape index (κ1) is 11.3. The molecule has 0 amide bonds. The van der Waals surface area contributed by atoms with Gasteiger partial charge in [-0.15, -0.1) is 0 Å². The van der Waals surface area contributed by atoms with Crippen LogP contribution in [0.5, 0.6) is 11.5 Å². The molecule has 0 fully saturated rings. The van der Waals surface area contributed by atoms with Gasteiger partial charge in [0.15, 0.2) is 0 Å². The maximum atomic E-state index is 5.78. The number of aromatic nitrogens is 2. The largest absolute Gasteiger partial charge is 0.495 e. The number of hydrogen-bond donors (Lipinski definition) is 1. The lowest BCUT2D eigenvalue weighted by Crippen LogP contribution is -1.99. The summed E-state index contributed by atoms with van der Waals surface area (Å²) in [5, 5.41) is 4.22. The number of ether oxygens (including phenoxy) is 2. The fraction of sp³-hybridized carbons (Fsp3) is 0.250. The molecule has 1 heterocycles. The molecular weight excluding hydrogens is 218 g/mol. The molecule has 0 unspecified atom stereocenters. The van der Waals surface area contributed by atoms with Gasteiger partial charge in [0.1, 0.15) is 18.1 Å². The summed E-state index contributed by atoms with van der Waals surface area (Å²) < 4.78 is 12.4. The van der Waals surface area contributed by atoms with E-state index < -0.39 is 0 Å². The van der Waals surface area contributed by atoms with Crippen LogP contribution in [0.4, 0.5) is 5.69 Å². The minimum absolute atomic E-state index is 0.423. The molecule has 0 aliphatic rings. The molecule has 0 bridgehead atoms. The Balaban J connectivity index is 2.02. The maximum absolute atomic E-state index is 5.78. The Labute approximate surface area is 99.8 Å². The van der Waals surface area contributed by atoms with Gasteiger partial charge in [-0.1, -0.05) is 0 Å². The van der Waals surface area contributed by atoms with Crippen molar-refractivity contribution >= 4 is 5.69 Å². The van der Waals surface area contributed by atoms with E-state index in [1.807, 2.05) is 25.4 Å². The van der Waals surface area contributed by atoms with E-state index in [-0.39, 0.29) is 0 Å². The predicted molar refractivity (Wildman–Crippen MR) is 64.9 cm³/mol. The number of nitrogen functional groups attached to an aromatic ring is 1. The van der Waals surface area contributed by atoms with Crippen molar-refractivity contribution in [3.05, 3.63) is 36.2 Å². The van der Waals surface area contributed by atoms with Gasteiger partial charge in [-0.3, -0.25) is 4.68 Å². The molecule has 0 spiro atoms. The van der Waals surface area contributed by atoms with E-state index in [2.05, 4.69) is 5.10 Å². The van der Waals surface area contributed by atoms with Crippen molar-refractivity contribution in [2.45, 2.75) is 6.61 Å². The van der Waals surface area contributed by atoms with Crippen molar-refractivity contribution in [2.75, 3.05) is 12.8 Å². The molecule has 0 aliphatic carbocycles. The summed E-state index contributed by atoms with van der Waals surface area (Å²) >= 11 is 0. The highest BCUT2D eigenvalue weighted by molar-refractivity contribution is 5.56. The van der Waals surface area contributed by atoms with Gasteiger partial charge in [0.2, 0.25) is 0 Å². The lowest BCUT2D eigenvalue weighted by molar-refractivity contribution is 0.299. The fourth-order valence-electron chi connectivity index (χ4n) is 1.50. The van der Waals surface area contributed by atoms with Gasteiger partial charge in [0.25, 0.3) is 0 Å². The second-order valence-corrected chi connectivity index (χ2v) is 3.67. The Hall–Kier alpha value is -2.17. The minimum atomic E-state index is 0.423. The van der Waals surface area contributed by atoms with Gasteiger partial charge in [-0.2, -0.15) is 5.10 Å². The molecule has 0 aliphatic heterocycles. The first-order valence-corrected chi connectivity index (χ1v) is 5.24. The van der Waals surface area contributed by atoms with E-state index in [1.54, 1.807) is 23.9 Å². The van der Waals surface area contributed by atoms with Gasteiger partial charge >= 0.3 is 0 Å². The summed E-state index contributed by atoms with van der Waals surface area (Å²) in [5.41, 5.74) is 7.22. The normalized spacial score (nSPS) is 10.2. The van der Waals surface area contributed by atoms with Crippen molar-refractivity contribution in [3.63, 3.8) is 0 Å². The topological polar surface area (TPSA) is 62.3 Å². The van der Waals surface area contributed by atoms with Crippen LogP contribution in [0.3, 0.4) is 0 Å². The Morgan fingerprint density at radius 1 is 1.35 bits per heavy atom. The fourth-order valence-corrected chi connectivity index (χ4v) is 1.50. The second-order valence-electron chi connectivity index (χ2n) is 3.67. The van der Waals surface area contributed by atoms with Crippen LogP contribution in [0.15, 0.2) is 30.5 Å². The third-order valence-corrected chi connectivity index (χ3v) is 2.36.